The summed E-state index contributed by atoms with van der Waals surface area (Å²) in [5.41, 5.74) is 5.51. The molecule has 0 aromatic heterocycles. The highest BCUT2D eigenvalue weighted by atomic mass is 35.5. The van der Waals surface area contributed by atoms with Crippen LogP contribution in [0.25, 0.3) is 0 Å². The van der Waals surface area contributed by atoms with Crippen LogP contribution in [0, 0.1) is 11.8 Å². The number of nitrogens with two attached hydrogens (primary N) is 1. The predicted molar refractivity (Wildman–Crippen MR) is 108 cm³/mol. The zero-order valence-corrected chi connectivity index (χ0v) is 17.3. The third-order valence-corrected chi connectivity index (χ3v) is 6.27. The number of likely N-dealkylation sites (tertiary alicyclic amines) is 2. The summed E-state index contributed by atoms with van der Waals surface area (Å²) in [6.45, 7) is 4.64. The van der Waals surface area contributed by atoms with Crippen molar-refractivity contribution in [2.24, 2.45) is 17.6 Å². The summed E-state index contributed by atoms with van der Waals surface area (Å²) in [5, 5.41) is 0. The highest BCUT2D eigenvalue weighted by Crippen LogP contribution is 2.34. The van der Waals surface area contributed by atoms with Crippen LogP contribution in [0.2, 0.25) is 0 Å². The van der Waals surface area contributed by atoms with E-state index in [4.69, 9.17) is 10.5 Å². The SMILES string of the molecule is Cl.NCCCOC1CCN(C(=O)C2CCCCC2C(=O)N2CCCC2)CC1. The fourth-order valence-corrected chi connectivity index (χ4v) is 4.70. The first-order chi connectivity index (χ1) is 12.7. The number of rotatable bonds is 6. The smallest absolute Gasteiger partial charge is 0.226 e. The normalized spacial score (nSPS) is 26.7. The molecule has 7 heteroatoms. The molecular formula is C20H36ClN3O3. The van der Waals surface area contributed by atoms with Crippen molar-refractivity contribution in [1.82, 2.24) is 9.80 Å². The van der Waals surface area contributed by atoms with Crippen LogP contribution in [-0.4, -0.2) is 67.0 Å². The van der Waals surface area contributed by atoms with Crippen molar-refractivity contribution in [3.63, 3.8) is 0 Å². The van der Waals surface area contributed by atoms with Crippen molar-refractivity contribution in [2.75, 3.05) is 39.3 Å². The molecule has 0 bridgehead atoms. The van der Waals surface area contributed by atoms with E-state index in [-0.39, 0.29) is 42.2 Å². The molecule has 6 nitrogen and oxygen atoms in total. The van der Waals surface area contributed by atoms with Gasteiger partial charge in [0.05, 0.1) is 6.10 Å². The van der Waals surface area contributed by atoms with E-state index in [0.717, 1.165) is 84.0 Å². The Morgan fingerprint density at radius 2 is 1.33 bits per heavy atom. The summed E-state index contributed by atoms with van der Waals surface area (Å²) in [7, 11) is 0. The number of hydrogen-bond acceptors (Lipinski definition) is 4. The van der Waals surface area contributed by atoms with Gasteiger partial charge >= 0.3 is 0 Å². The van der Waals surface area contributed by atoms with Gasteiger partial charge < -0.3 is 20.3 Å². The lowest BCUT2D eigenvalue weighted by atomic mass is 9.77. The lowest BCUT2D eigenvalue weighted by molar-refractivity contribution is -0.149. The van der Waals surface area contributed by atoms with Crippen molar-refractivity contribution in [3.05, 3.63) is 0 Å². The summed E-state index contributed by atoms with van der Waals surface area (Å²) in [6.07, 6.45) is 9.04. The van der Waals surface area contributed by atoms with Crippen LogP contribution in [0.4, 0.5) is 0 Å². The van der Waals surface area contributed by atoms with E-state index in [1.807, 2.05) is 9.80 Å². The van der Waals surface area contributed by atoms with Crippen molar-refractivity contribution >= 4 is 24.2 Å². The Morgan fingerprint density at radius 1 is 0.815 bits per heavy atom. The van der Waals surface area contributed by atoms with E-state index in [2.05, 4.69) is 0 Å². The first-order valence-electron chi connectivity index (χ1n) is 10.6. The molecule has 0 radical (unpaired) electrons. The molecule has 0 aromatic carbocycles. The summed E-state index contributed by atoms with van der Waals surface area (Å²) in [4.78, 5) is 30.1. The molecule has 27 heavy (non-hydrogen) atoms. The second-order valence-corrected chi connectivity index (χ2v) is 8.07. The van der Waals surface area contributed by atoms with Crippen LogP contribution in [0.15, 0.2) is 0 Å². The van der Waals surface area contributed by atoms with Gasteiger partial charge in [-0.2, -0.15) is 0 Å². The van der Waals surface area contributed by atoms with E-state index in [0.29, 0.717) is 13.2 Å². The number of ether oxygens (including phenoxy) is 1. The van der Waals surface area contributed by atoms with E-state index in [1.54, 1.807) is 0 Å². The van der Waals surface area contributed by atoms with Crippen LogP contribution in [0.5, 0.6) is 0 Å². The number of carbonyl (C=O) groups excluding carboxylic acids is 2. The minimum atomic E-state index is -0.105. The molecular weight excluding hydrogens is 366 g/mol. The minimum absolute atomic E-state index is 0. The third-order valence-electron chi connectivity index (χ3n) is 6.27. The van der Waals surface area contributed by atoms with Gasteiger partial charge in [0.1, 0.15) is 0 Å². The standard InChI is InChI=1S/C20H35N3O3.ClH/c21-10-5-15-26-16-8-13-23(14-9-16)20(25)18-7-2-1-6-17(18)19(24)22-11-3-4-12-22;/h16-18H,1-15,21H2;1H. The maximum absolute atomic E-state index is 13.1. The predicted octanol–water partition coefficient (Wildman–Crippen LogP) is 2.19. The van der Waals surface area contributed by atoms with Crippen molar-refractivity contribution < 1.29 is 14.3 Å². The van der Waals surface area contributed by atoms with Gasteiger partial charge in [0, 0.05) is 44.6 Å². The summed E-state index contributed by atoms with van der Waals surface area (Å²) in [5.74, 6) is 0.252. The Kier molecular flexibility index (Phi) is 9.33. The Hall–Kier alpha value is -0.850. The molecule has 1 aliphatic carbocycles. The number of halogens is 1. The minimum Gasteiger partial charge on any atom is -0.378 e. The zero-order chi connectivity index (χ0) is 18.4. The maximum atomic E-state index is 13.1. The molecule has 156 valence electrons. The lowest BCUT2D eigenvalue weighted by Gasteiger charge is -2.38. The third kappa shape index (κ3) is 5.81. The van der Waals surface area contributed by atoms with Crippen molar-refractivity contribution in [2.45, 2.75) is 63.9 Å². The molecule has 3 fully saturated rings. The monoisotopic (exact) mass is 401 g/mol. The molecule has 2 aliphatic heterocycles. The van der Waals surface area contributed by atoms with Gasteiger partial charge in [-0.15, -0.1) is 12.4 Å². The Labute approximate surface area is 169 Å². The topological polar surface area (TPSA) is 75.9 Å². The Balaban J connectivity index is 0.00000261. The maximum Gasteiger partial charge on any atom is 0.226 e. The van der Waals surface area contributed by atoms with Gasteiger partial charge in [0.15, 0.2) is 0 Å². The second kappa shape index (κ2) is 11.2. The molecule has 2 unspecified atom stereocenters. The van der Waals surface area contributed by atoms with Crippen LogP contribution in [0.1, 0.15) is 57.8 Å². The van der Waals surface area contributed by atoms with E-state index in [1.165, 1.54) is 0 Å². The Bertz CT molecular complexity index is 477. The molecule has 2 N–H and O–H groups in total. The molecule has 0 aromatic rings. The molecule has 0 spiro atoms. The molecule has 1 saturated carbocycles. The first-order valence-corrected chi connectivity index (χ1v) is 10.6. The van der Waals surface area contributed by atoms with Gasteiger partial charge in [-0.05, 0) is 51.5 Å². The molecule has 2 saturated heterocycles. The molecule has 2 amide bonds. The fourth-order valence-electron chi connectivity index (χ4n) is 4.70. The van der Waals surface area contributed by atoms with E-state index >= 15 is 0 Å². The van der Waals surface area contributed by atoms with Crippen molar-refractivity contribution in [1.29, 1.82) is 0 Å². The summed E-state index contributed by atoms with van der Waals surface area (Å²) >= 11 is 0. The molecule has 3 rings (SSSR count). The average molecular weight is 402 g/mol. The number of amides is 2. The van der Waals surface area contributed by atoms with Crippen LogP contribution in [-0.2, 0) is 14.3 Å². The fraction of sp³-hybridized carbons (Fsp3) is 0.900. The van der Waals surface area contributed by atoms with Crippen LogP contribution < -0.4 is 5.73 Å². The van der Waals surface area contributed by atoms with Gasteiger partial charge in [-0.3, -0.25) is 9.59 Å². The highest BCUT2D eigenvalue weighted by molar-refractivity contribution is 5.88. The highest BCUT2D eigenvalue weighted by Gasteiger charge is 2.40. The summed E-state index contributed by atoms with van der Waals surface area (Å²) in [6, 6.07) is 0. The van der Waals surface area contributed by atoms with Crippen LogP contribution >= 0.6 is 12.4 Å². The van der Waals surface area contributed by atoms with E-state index < -0.39 is 0 Å². The van der Waals surface area contributed by atoms with Crippen molar-refractivity contribution in [3.8, 4) is 0 Å². The number of nitrogens with zero attached hydrogens (tertiary/aromatic N) is 2. The Morgan fingerprint density at radius 3 is 1.85 bits per heavy atom. The van der Waals surface area contributed by atoms with Gasteiger partial charge in [-0.25, -0.2) is 0 Å². The van der Waals surface area contributed by atoms with Gasteiger partial charge in [0.2, 0.25) is 11.8 Å². The molecule has 2 atom stereocenters. The second-order valence-electron chi connectivity index (χ2n) is 8.07. The first kappa shape index (κ1) is 22.4. The molecule has 3 aliphatic rings. The van der Waals surface area contributed by atoms with Crippen LogP contribution in [0.3, 0.4) is 0 Å². The quantitative estimate of drug-likeness (QED) is 0.692. The van der Waals surface area contributed by atoms with E-state index in [9.17, 15) is 9.59 Å². The van der Waals surface area contributed by atoms with Gasteiger partial charge in [0.25, 0.3) is 0 Å². The van der Waals surface area contributed by atoms with Gasteiger partial charge in [-0.1, -0.05) is 12.8 Å². The zero-order valence-electron chi connectivity index (χ0n) is 16.4. The number of carbonyl (C=O) groups is 2. The molecule has 2 heterocycles. The largest absolute Gasteiger partial charge is 0.378 e. The average Bonchev–Trinajstić information content (AvgIpc) is 3.22. The summed E-state index contributed by atoms with van der Waals surface area (Å²) < 4.78 is 5.85. The number of hydrogen-bond donors (Lipinski definition) is 1. The lowest BCUT2D eigenvalue weighted by Crippen LogP contribution is -2.49. The number of piperidine rings is 1.